The summed E-state index contributed by atoms with van der Waals surface area (Å²) >= 11 is 1.63. The maximum absolute atomic E-state index is 13.5. The highest BCUT2D eigenvalue weighted by Crippen LogP contribution is 2.25. The zero-order valence-corrected chi connectivity index (χ0v) is 24.2. The third-order valence-corrected chi connectivity index (χ3v) is 7.60. The summed E-state index contributed by atoms with van der Waals surface area (Å²) in [6, 6.07) is 17.8. The molecule has 1 aliphatic heterocycles. The SMILES string of the molecule is CSCC[C@@H]1NC(=O)CCCN(C(=O)c2ccccc2)CCn2nc(-c3ccccc3)nc2[C@@H](C(C)C)NC1=O. The van der Waals surface area contributed by atoms with Gasteiger partial charge >= 0.3 is 0 Å². The molecular formula is C30H38N6O3S. The number of benzene rings is 2. The van der Waals surface area contributed by atoms with Crippen LogP contribution >= 0.6 is 11.8 Å². The van der Waals surface area contributed by atoms with Crippen LogP contribution < -0.4 is 10.6 Å². The lowest BCUT2D eigenvalue weighted by atomic mass is 10.0. The lowest BCUT2D eigenvalue weighted by molar-refractivity contribution is -0.129. The average molecular weight is 563 g/mol. The first kappa shape index (κ1) is 29.3. The second-order valence-corrected chi connectivity index (χ2v) is 11.3. The molecule has 0 aliphatic carbocycles. The Bertz CT molecular complexity index is 1280. The summed E-state index contributed by atoms with van der Waals surface area (Å²) < 4.78 is 1.82. The monoisotopic (exact) mass is 562 g/mol. The lowest BCUT2D eigenvalue weighted by Crippen LogP contribution is -2.49. The average Bonchev–Trinajstić information content (AvgIpc) is 3.39. The molecule has 9 nitrogen and oxygen atoms in total. The largest absolute Gasteiger partial charge is 0.344 e. The Morgan fingerprint density at radius 2 is 1.70 bits per heavy atom. The first-order valence-corrected chi connectivity index (χ1v) is 15.2. The van der Waals surface area contributed by atoms with Crippen LogP contribution in [-0.2, 0) is 16.1 Å². The van der Waals surface area contributed by atoms with E-state index in [1.54, 1.807) is 28.8 Å². The number of rotatable bonds is 6. The fourth-order valence-corrected chi connectivity index (χ4v) is 5.21. The molecule has 2 atom stereocenters. The fraction of sp³-hybridized carbons (Fsp3) is 0.433. The Balaban J connectivity index is 1.73. The molecule has 1 aliphatic rings. The number of nitrogens with zero attached hydrogens (tertiary/aromatic N) is 4. The second kappa shape index (κ2) is 14.1. The van der Waals surface area contributed by atoms with Crippen LogP contribution in [0.4, 0.5) is 0 Å². The van der Waals surface area contributed by atoms with E-state index in [1.165, 1.54) is 0 Å². The van der Waals surface area contributed by atoms with Gasteiger partial charge in [0.1, 0.15) is 6.04 Å². The van der Waals surface area contributed by atoms with Crippen molar-refractivity contribution in [3.8, 4) is 11.4 Å². The van der Waals surface area contributed by atoms with E-state index in [-0.39, 0.29) is 30.1 Å². The number of aromatic nitrogens is 3. The Hall–Kier alpha value is -3.66. The van der Waals surface area contributed by atoms with Gasteiger partial charge in [-0.05, 0) is 42.9 Å². The van der Waals surface area contributed by atoms with Gasteiger partial charge in [0.15, 0.2) is 11.6 Å². The molecule has 0 spiro atoms. The molecule has 0 radical (unpaired) electrons. The number of carbonyl (C=O) groups is 3. The summed E-state index contributed by atoms with van der Waals surface area (Å²) in [5.41, 5.74) is 1.47. The molecule has 0 saturated heterocycles. The minimum atomic E-state index is -0.656. The van der Waals surface area contributed by atoms with Crippen LogP contribution in [0.25, 0.3) is 11.4 Å². The van der Waals surface area contributed by atoms with Gasteiger partial charge in [0.05, 0.1) is 12.6 Å². The van der Waals surface area contributed by atoms with Crippen molar-refractivity contribution >= 4 is 29.5 Å². The first-order chi connectivity index (χ1) is 19.4. The van der Waals surface area contributed by atoms with Crippen molar-refractivity contribution < 1.29 is 14.4 Å². The van der Waals surface area contributed by atoms with Gasteiger partial charge in [0.25, 0.3) is 5.91 Å². The highest BCUT2D eigenvalue weighted by Gasteiger charge is 2.30. The minimum Gasteiger partial charge on any atom is -0.344 e. The standard InChI is InChI=1S/C30H38N6O3S/c1-21(2)26-28-33-27(22-11-6-4-7-12-22)34-36(28)19-18-35(30(39)23-13-8-5-9-14-23)17-10-15-25(37)31-24(16-20-40-3)29(38)32-26/h4-9,11-14,21,24,26H,10,15-20H2,1-3H3,(H,31,37)(H,32,38)/t24-,26+/m0/s1. The molecule has 4 rings (SSSR count). The Labute approximate surface area is 240 Å². The third kappa shape index (κ3) is 7.50. The highest BCUT2D eigenvalue weighted by molar-refractivity contribution is 7.98. The van der Waals surface area contributed by atoms with E-state index in [2.05, 4.69) is 10.6 Å². The minimum absolute atomic E-state index is 0.00221. The topological polar surface area (TPSA) is 109 Å². The summed E-state index contributed by atoms with van der Waals surface area (Å²) in [6.07, 6.45) is 3.20. The fourth-order valence-electron chi connectivity index (χ4n) is 4.74. The number of nitrogens with one attached hydrogen (secondary N) is 2. The van der Waals surface area contributed by atoms with Gasteiger partial charge < -0.3 is 15.5 Å². The number of hydrogen-bond acceptors (Lipinski definition) is 6. The molecule has 3 amide bonds. The van der Waals surface area contributed by atoms with Gasteiger partial charge in [-0.3, -0.25) is 14.4 Å². The van der Waals surface area contributed by atoms with E-state index in [9.17, 15) is 14.4 Å². The normalized spacial score (nSPS) is 18.9. The van der Waals surface area contributed by atoms with Crippen LogP contribution in [-0.4, -0.2) is 68.5 Å². The zero-order chi connectivity index (χ0) is 28.5. The Kier molecular flexibility index (Phi) is 10.3. The number of carbonyl (C=O) groups excluding carboxylic acids is 3. The maximum atomic E-state index is 13.5. The van der Waals surface area contributed by atoms with Crippen LogP contribution in [0.2, 0.25) is 0 Å². The molecule has 2 heterocycles. The van der Waals surface area contributed by atoms with Gasteiger partial charge in [-0.25, -0.2) is 9.67 Å². The van der Waals surface area contributed by atoms with Gasteiger partial charge in [-0.2, -0.15) is 16.9 Å². The molecule has 10 heteroatoms. The molecule has 0 saturated carbocycles. The van der Waals surface area contributed by atoms with Crippen LogP contribution in [0, 0.1) is 5.92 Å². The molecular weight excluding hydrogens is 524 g/mol. The zero-order valence-electron chi connectivity index (χ0n) is 23.4. The number of hydrogen-bond donors (Lipinski definition) is 2. The third-order valence-electron chi connectivity index (χ3n) is 6.96. The molecule has 2 N–H and O–H groups in total. The van der Waals surface area contributed by atoms with Crippen molar-refractivity contribution in [3.05, 3.63) is 72.1 Å². The van der Waals surface area contributed by atoms with Gasteiger partial charge in [0.2, 0.25) is 11.8 Å². The molecule has 2 aromatic carbocycles. The quantitative estimate of drug-likeness (QED) is 0.471. The second-order valence-electron chi connectivity index (χ2n) is 10.3. The van der Waals surface area contributed by atoms with Crippen molar-refractivity contribution in [3.63, 3.8) is 0 Å². The van der Waals surface area contributed by atoms with Crippen molar-refractivity contribution in [1.82, 2.24) is 30.3 Å². The summed E-state index contributed by atoms with van der Waals surface area (Å²) in [5, 5.41) is 10.9. The van der Waals surface area contributed by atoms with Crippen molar-refractivity contribution in [2.24, 2.45) is 5.92 Å². The van der Waals surface area contributed by atoms with Gasteiger partial charge in [-0.15, -0.1) is 0 Å². The van der Waals surface area contributed by atoms with Crippen LogP contribution in [0.1, 0.15) is 55.3 Å². The molecule has 40 heavy (non-hydrogen) atoms. The predicted molar refractivity (Wildman–Crippen MR) is 158 cm³/mol. The van der Waals surface area contributed by atoms with E-state index < -0.39 is 12.1 Å². The van der Waals surface area contributed by atoms with Crippen LogP contribution in [0.3, 0.4) is 0 Å². The number of fused-ring (bicyclic) bond motifs is 1. The summed E-state index contributed by atoms with van der Waals surface area (Å²) in [4.78, 5) is 46.5. The predicted octanol–water partition coefficient (Wildman–Crippen LogP) is 3.93. The summed E-state index contributed by atoms with van der Waals surface area (Å²) in [5.74, 6) is 1.41. The maximum Gasteiger partial charge on any atom is 0.253 e. The highest BCUT2D eigenvalue weighted by atomic mass is 32.2. The van der Waals surface area contributed by atoms with E-state index in [1.807, 2.05) is 73.3 Å². The molecule has 1 aromatic heterocycles. The first-order valence-electron chi connectivity index (χ1n) is 13.8. The van der Waals surface area contributed by atoms with Gasteiger partial charge in [-0.1, -0.05) is 62.4 Å². The van der Waals surface area contributed by atoms with E-state index >= 15 is 0 Å². The summed E-state index contributed by atoms with van der Waals surface area (Å²) in [7, 11) is 0. The van der Waals surface area contributed by atoms with Crippen LogP contribution in [0.5, 0.6) is 0 Å². The smallest absolute Gasteiger partial charge is 0.253 e. The molecule has 0 bridgehead atoms. The van der Waals surface area contributed by atoms with Crippen LogP contribution in [0.15, 0.2) is 60.7 Å². The molecule has 0 unspecified atom stereocenters. The molecule has 3 aromatic rings. The number of thioether (sulfide) groups is 1. The van der Waals surface area contributed by atoms with Gasteiger partial charge in [0, 0.05) is 30.6 Å². The Morgan fingerprint density at radius 3 is 2.38 bits per heavy atom. The van der Waals surface area contributed by atoms with E-state index in [0.717, 1.165) is 11.3 Å². The van der Waals surface area contributed by atoms with E-state index in [0.29, 0.717) is 49.7 Å². The van der Waals surface area contributed by atoms with Crippen molar-refractivity contribution in [1.29, 1.82) is 0 Å². The number of amides is 3. The molecule has 212 valence electrons. The van der Waals surface area contributed by atoms with Crippen molar-refractivity contribution in [2.45, 2.75) is 51.7 Å². The molecule has 0 fully saturated rings. The van der Waals surface area contributed by atoms with Crippen molar-refractivity contribution in [2.75, 3.05) is 25.1 Å². The summed E-state index contributed by atoms with van der Waals surface area (Å²) in [6.45, 7) is 5.24. The van der Waals surface area contributed by atoms with E-state index in [4.69, 9.17) is 10.1 Å². The lowest BCUT2D eigenvalue weighted by Gasteiger charge is -2.28. The Morgan fingerprint density at radius 1 is 1.00 bits per heavy atom.